The van der Waals surface area contributed by atoms with Crippen LogP contribution < -0.4 is 4.74 Å². The molecule has 3 nitrogen and oxygen atoms in total. The first kappa shape index (κ1) is 11.7. The van der Waals surface area contributed by atoms with E-state index in [9.17, 15) is 9.90 Å². The van der Waals surface area contributed by atoms with Gasteiger partial charge in [0.05, 0.1) is 7.11 Å². The van der Waals surface area contributed by atoms with Gasteiger partial charge in [0, 0.05) is 5.92 Å². The van der Waals surface area contributed by atoms with Crippen molar-refractivity contribution < 1.29 is 14.6 Å². The van der Waals surface area contributed by atoms with Crippen molar-refractivity contribution in [2.24, 2.45) is 0 Å². The highest BCUT2D eigenvalue weighted by Gasteiger charge is 2.19. The Kier molecular flexibility index (Phi) is 3.86. The van der Waals surface area contributed by atoms with E-state index in [4.69, 9.17) is 4.74 Å². The Morgan fingerprint density at radius 3 is 2.20 bits per heavy atom. The number of aliphatic hydroxyl groups is 1. The molecule has 0 saturated heterocycles. The molecule has 2 unspecified atom stereocenters. The molecule has 1 aromatic rings. The van der Waals surface area contributed by atoms with Crippen molar-refractivity contribution in [3.8, 4) is 5.75 Å². The van der Waals surface area contributed by atoms with Gasteiger partial charge in [-0.05, 0) is 24.6 Å². The molecule has 0 spiro atoms. The molecular weight excluding hydrogens is 192 g/mol. The summed E-state index contributed by atoms with van der Waals surface area (Å²) in [6.07, 6.45) is -0.915. The molecule has 15 heavy (non-hydrogen) atoms. The molecule has 0 amide bonds. The first-order valence-corrected chi connectivity index (χ1v) is 4.92. The number of hydrogen-bond donors (Lipinski definition) is 1. The van der Waals surface area contributed by atoms with Crippen molar-refractivity contribution >= 4 is 5.78 Å². The van der Waals surface area contributed by atoms with E-state index in [0.29, 0.717) is 0 Å². The van der Waals surface area contributed by atoms with E-state index < -0.39 is 6.10 Å². The first-order chi connectivity index (χ1) is 7.06. The summed E-state index contributed by atoms with van der Waals surface area (Å²) in [5.41, 5.74) is 0.890. The summed E-state index contributed by atoms with van der Waals surface area (Å²) in [5.74, 6) is 0.312. The van der Waals surface area contributed by atoms with Gasteiger partial charge in [-0.25, -0.2) is 0 Å². The monoisotopic (exact) mass is 208 g/mol. The Morgan fingerprint density at radius 1 is 1.27 bits per heavy atom. The van der Waals surface area contributed by atoms with E-state index in [1.54, 1.807) is 26.2 Å². The third-order valence-electron chi connectivity index (χ3n) is 2.45. The molecule has 82 valence electrons. The SMILES string of the molecule is COc1ccc(C(C)C(=O)C(C)O)cc1. The Labute approximate surface area is 89.7 Å². The Bertz CT molecular complexity index is 327. The Balaban J connectivity index is 2.82. The highest BCUT2D eigenvalue weighted by molar-refractivity contribution is 5.88. The second-order valence-corrected chi connectivity index (χ2v) is 3.57. The van der Waals surface area contributed by atoms with Gasteiger partial charge in [0.1, 0.15) is 11.9 Å². The van der Waals surface area contributed by atoms with Crippen LogP contribution in [0.1, 0.15) is 25.3 Å². The van der Waals surface area contributed by atoms with E-state index in [0.717, 1.165) is 11.3 Å². The van der Waals surface area contributed by atoms with Gasteiger partial charge in [0.15, 0.2) is 5.78 Å². The van der Waals surface area contributed by atoms with E-state index in [1.165, 1.54) is 6.92 Å². The molecule has 0 radical (unpaired) electrons. The van der Waals surface area contributed by atoms with Crippen LogP contribution >= 0.6 is 0 Å². The highest BCUT2D eigenvalue weighted by Crippen LogP contribution is 2.20. The van der Waals surface area contributed by atoms with Crippen molar-refractivity contribution in [1.29, 1.82) is 0 Å². The lowest BCUT2D eigenvalue weighted by Gasteiger charge is -2.12. The molecule has 0 fully saturated rings. The normalized spacial score (nSPS) is 14.4. The van der Waals surface area contributed by atoms with Crippen LogP contribution in [0.2, 0.25) is 0 Å². The minimum absolute atomic E-state index is 0.167. The van der Waals surface area contributed by atoms with Crippen LogP contribution in [0.15, 0.2) is 24.3 Å². The van der Waals surface area contributed by atoms with Gasteiger partial charge in [0.2, 0.25) is 0 Å². The average Bonchev–Trinajstić information content (AvgIpc) is 2.27. The van der Waals surface area contributed by atoms with Crippen LogP contribution in [0.3, 0.4) is 0 Å². The second-order valence-electron chi connectivity index (χ2n) is 3.57. The van der Waals surface area contributed by atoms with Crippen LogP contribution in [0.4, 0.5) is 0 Å². The maximum atomic E-state index is 11.5. The standard InChI is InChI=1S/C12H16O3/c1-8(12(14)9(2)13)10-4-6-11(15-3)7-5-10/h4-9,13H,1-3H3. The molecule has 1 rings (SSSR count). The summed E-state index contributed by atoms with van der Waals surface area (Å²) < 4.78 is 5.02. The summed E-state index contributed by atoms with van der Waals surface area (Å²) in [4.78, 5) is 11.5. The lowest BCUT2D eigenvalue weighted by Crippen LogP contribution is -2.21. The Hall–Kier alpha value is -1.35. The van der Waals surface area contributed by atoms with E-state index >= 15 is 0 Å². The van der Waals surface area contributed by atoms with Gasteiger partial charge in [0.25, 0.3) is 0 Å². The fourth-order valence-electron chi connectivity index (χ4n) is 1.42. The molecule has 1 aromatic carbocycles. The van der Waals surface area contributed by atoms with Gasteiger partial charge in [-0.1, -0.05) is 19.1 Å². The lowest BCUT2D eigenvalue weighted by molar-refractivity contribution is -0.127. The van der Waals surface area contributed by atoms with Crippen LogP contribution in [0, 0.1) is 0 Å². The van der Waals surface area contributed by atoms with Crippen molar-refractivity contribution in [3.63, 3.8) is 0 Å². The average molecular weight is 208 g/mol. The Morgan fingerprint density at radius 2 is 1.80 bits per heavy atom. The predicted octanol–water partition coefficient (Wildman–Crippen LogP) is 1.75. The third-order valence-corrected chi connectivity index (χ3v) is 2.45. The third kappa shape index (κ3) is 2.80. The van der Waals surface area contributed by atoms with Gasteiger partial charge in [-0.2, -0.15) is 0 Å². The molecule has 0 bridgehead atoms. The van der Waals surface area contributed by atoms with E-state index in [2.05, 4.69) is 0 Å². The van der Waals surface area contributed by atoms with Crippen LogP contribution in [0.5, 0.6) is 5.75 Å². The van der Waals surface area contributed by atoms with Crippen LogP contribution in [-0.4, -0.2) is 24.1 Å². The molecule has 2 atom stereocenters. The van der Waals surface area contributed by atoms with Gasteiger partial charge >= 0.3 is 0 Å². The maximum Gasteiger partial charge on any atom is 0.168 e. The summed E-state index contributed by atoms with van der Waals surface area (Å²) in [6.45, 7) is 3.28. The summed E-state index contributed by atoms with van der Waals surface area (Å²) in [7, 11) is 1.60. The molecule has 0 heterocycles. The molecule has 0 saturated carbocycles. The van der Waals surface area contributed by atoms with Crippen molar-refractivity contribution in [1.82, 2.24) is 0 Å². The topological polar surface area (TPSA) is 46.5 Å². The first-order valence-electron chi connectivity index (χ1n) is 4.92. The second kappa shape index (κ2) is 4.94. The van der Waals surface area contributed by atoms with Crippen LogP contribution in [-0.2, 0) is 4.79 Å². The minimum atomic E-state index is -0.915. The number of Topliss-reactive ketones (excluding diaryl/α,β-unsaturated/α-hetero) is 1. The van der Waals surface area contributed by atoms with Crippen LogP contribution in [0.25, 0.3) is 0 Å². The minimum Gasteiger partial charge on any atom is -0.497 e. The van der Waals surface area contributed by atoms with Gasteiger partial charge in [-0.3, -0.25) is 4.79 Å². The zero-order valence-corrected chi connectivity index (χ0v) is 9.23. The number of benzene rings is 1. The molecule has 0 aliphatic rings. The quantitative estimate of drug-likeness (QED) is 0.820. The summed E-state index contributed by atoms with van der Waals surface area (Å²) >= 11 is 0. The predicted molar refractivity (Wildman–Crippen MR) is 58.1 cm³/mol. The van der Waals surface area contributed by atoms with E-state index in [1.807, 2.05) is 12.1 Å². The number of rotatable bonds is 4. The number of methoxy groups -OCH3 is 1. The molecule has 0 aliphatic carbocycles. The maximum absolute atomic E-state index is 11.5. The van der Waals surface area contributed by atoms with Crippen molar-refractivity contribution in [2.75, 3.05) is 7.11 Å². The zero-order valence-electron chi connectivity index (χ0n) is 9.23. The number of carbonyl (C=O) groups excluding carboxylic acids is 1. The highest BCUT2D eigenvalue weighted by atomic mass is 16.5. The van der Waals surface area contributed by atoms with E-state index in [-0.39, 0.29) is 11.7 Å². The number of hydrogen-bond acceptors (Lipinski definition) is 3. The molecule has 0 aliphatic heterocycles. The lowest BCUT2D eigenvalue weighted by atomic mass is 9.94. The van der Waals surface area contributed by atoms with Crippen molar-refractivity contribution in [3.05, 3.63) is 29.8 Å². The zero-order chi connectivity index (χ0) is 11.4. The summed E-state index contributed by atoms with van der Waals surface area (Å²) in [5, 5.41) is 9.18. The fraction of sp³-hybridized carbons (Fsp3) is 0.417. The number of carbonyl (C=O) groups is 1. The molecule has 1 N–H and O–H groups in total. The fourth-order valence-corrected chi connectivity index (χ4v) is 1.42. The smallest absolute Gasteiger partial charge is 0.168 e. The largest absolute Gasteiger partial charge is 0.497 e. The number of ether oxygens (including phenoxy) is 1. The number of aliphatic hydroxyl groups excluding tert-OH is 1. The molecule has 3 heteroatoms. The summed E-state index contributed by atoms with van der Waals surface area (Å²) in [6, 6.07) is 7.29. The molecular formula is C12H16O3. The number of ketones is 1. The van der Waals surface area contributed by atoms with Gasteiger partial charge in [-0.15, -0.1) is 0 Å². The van der Waals surface area contributed by atoms with Crippen molar-refractivity contribution in [2.45, 2.75) is 25.9 Å². The molecule has 0 aromatic heterocycles. The van der Waals surface area contributed by atoms with Gasteiger partial charge < -0.3 is 9.84 Å².